The Morgan fingerprint density at radius 2 is 1.93 bits per heavy atom. The molecule has 1 amide bonds. The van der Waals surface area contributed by atoms with Crippen LogP contribution < -0.4 is 4.74 Å². The number of carbonyl (C=O) groups is 1. The van der Waals surface area contributed by atoms with E-state index in [9.17, 15) is 26.4 Å². The molecule has 0 bridgehead atoms. The zero-order valence-electron chi connectivity index (χ0n) is 14.3. The zero-order chi connectivity index (χ0) is 20.9. The normalized spacial score (nSPS) is 22.7. The van der Waals surface area contributed by atoms with Gasteiger partial charge in [0, 0.05) is 36.6 Å². The zero-order valence-corrected chi connectivity index (χ0v) is 16.6. The molecule has 0 aliphatic carbocycles. The van der Waals surface area contributed by atoms with E-state index in [0.717, 1.165) is 6.08 Å². The minimum Gasteiger partial charge on any atom is -0.496 e. The lowest BCUT2D eigenvalue weighted by molar-refractivity contribution is -0.128. The smallest absolute Gasteiger partial charge is 0.496 e. The van der Waals surface area contributed by atoms with E-state index in [-0.39, 0.29) is 23.9 Å². The third kappa shape index (κ3) is 3.77. The van der Waals surface area contributed by atoms with Gasteiger partial charge in [-0.1, -0.05) is 23.2 Å². The second kappa shape index (κ2) is 7.31. The van der Waals surface area contributed by atoms with Crippen LogP contribution in [0.4, 0.5) is 13.2 Å². The molecule has 0 aromatic heterocycles. The third-order valence-corrected chi connectivity index (χ3v) is 6.46. The molecule has 6 nitrogen and oxygen atoms in total. The Bertz CT molecular complexity index is 948. The topological polar surface area (TPSA) is 72.9 Å². The number of alkyl halides is 3. The summed E-state index contributed by atoms with van der Waals surface area (Å²) in [6.07, 6.45) is 0.923. The van der Waals surface area contributed by atoms with Crippen molar-refractivity contribution in [1.29, 1.82) is 0 Å². The lowest BCUT2D eigenvalue weighted by Gasteiger charge is -2.28. The van der Waals surface area contributed by atoms with Crippen molar-refractivity contribution >= 4 is 39.2 Å². The summed E-state index contributed by atoms with van der Waals surface area (Å²) in [7, 11) is -4.39. The van der Waals surface area contributed by atoms with Crippen molar-refractivity contribution in [3.8, 4) is 5.75 Å². The number of hydrogen-bond donors (Lipinski definition) is 0. The first kappa shape index (κ1) is 21.1. The molecule has 1 saturated heterocycles. The maximum Gasteiger partial charge on any atom is 0.534 e. The van der Waals surface area contributed by atoms with E-state index >= 15 is 0 Å². The van der Waals surface area contributed by atoms with Crippen molar-refractivity contribution in [1.82, 2.24) is 4.90 Å². The molecule has 2 unspecified atom stereocenters. The molecule has 2 heterocycles. The van der Waals surface area contributed by atoms with Crippen LogP contribution in [0.5, 0.6) is 5.75 Å². The fourth-order valence-corrected chi connectivity index (χ4v) is 4.42. The average molecular weight is 460 g/mol. The minimum absolute atomic E-state index is 0.169. The first-order valence-corrected chi connectivity index (χ1v) is 10.1. The van der Waals surface area contributed by atoms with E-state index in [0.29, 0.717) is 22.8 Å². The molecule has 1 aromatic carbocycles. The van der Waals surface area contributed by atoms with Crippen molar-refractivity contribution in [2.45, 2.75) is 30.3 Å². The van der Waals surface area contributed by atoms with Crippen molar-refractivity contribution in [3.63, 3.8) is 0 Å². The molecule has 1 fully saturated rings. The van der Waals surface area contributed by atoms with Gasteiger partial charge in [-0.2, -0.15) is 21.6 Å². The van der Waals surface area contributed by atoms with Crippen LogP contribution in [0.2, 0.25) is 10.0 Å². The number of hydrogen-bond acceptors (Lipinski definition) is 5. The maximum atomic E-state index is 12.5. The quantitative estimate of drug-likeness (QED) is 0.505. The van der Waals surface area contributed by atoms with Crippen LogP contribution in [0.3, 0.4) is 0 Å². The Morgan fingerprint density at radius 3 is 2.54 bits per heavy atom. The number of fused-ring (bicyclic) bond motifs is 1. The highest BCUT2D eigenvalue weighted by atomic mass is 35.5. The average Bonchev–Trinajstić information content (AvgIpc) is 2.99. The number of halogens is 5. The molecule has 154 valence electrons. The van der Waals surface area contributed by atoms with E-state index in [4.69, 9.17) is 27.9 Å². The lowest BCUT2D eigenvalue weighted by Crippen LogP contribution is -2.39. The second-order valence-corrected chi connectivity index (χ2v) is 8.68. The second-order valence-electron chi connectivity index (χ2n) is 6.35. The summed E-state index contributed by atoms with van der Waals surface area (Å²) < 4.78 is 69.4. The molecule has 28 heavy (non-hydrogen) atoms. The molecule has 0 spiro atoms. The van der Waals surface area contributed by atoms with Crippen LogP contribution in [0.15, 0.2) is 24.0 Å². The van der Waals surface area contributed by atoms with Crippen LogP contribution in [0, 0.1) is 0 Å². The molecule has 2 aliphatic rings. The van der Waals surface area contributed by atoms with E-state index in [1.807, 2.05) is 0 Å². The van der Waals surface area contributed by atoms with Gasteiger partial charge in [-0.05, 0) is 18.6 Å². The van der Waals surface area contributed by atoms with Gasteiger partial charge in [0.05, 0.1) is 17.2 Å². The van der Waals surface area contributed by atoms with Crippen molar-refractivity contribution < 1.29 is 35.3 Å². The molecule has 0 N–H and O–H groups in total. The van der Waals surface area contributed by atoms with Crippen LogP contribution in [-0.4, -0.2) is 44.4 Å². The SMILES string of the molecule is COc1ccc(Cl)c(Cl)c1C1CC2CC(OS(=O)(=O)C(F)(F)F)=CC(=O)N2C1. The summed E-state index contributed by atoms with van der Waals surface area (Å²) >= 11 is 12.4. The number of carbonyl (C=O) groups excluding carboxylic acids is 1. The standard InChI is InChI=1S/C16H14Cl2F3NO5S/c1-26-12-3-2-11(17)15(18)14(12)8-4-9-5-10(6-13(23)22(9)7-8)27-28(24,25)16(19,20)21/h2-3,6,8-9H,4-5,7H2,1H3. The third-order valence-electron chi connectivity index (χ3n) is 4.64. The van der Waals surface area contributed by atoms with Gasteiger partial charge in [0.2, 0.25) is 5.91 Å². The van der Waals surface area contributed by atoms with Gasteiger partial charge in [0.25, 0.3) is 0 Å². The van der Waals surface area contributed by atoms with Crippen LogP contribution in [0.1, 0.15) is 24.3 Å². The molecule has 3 rings (SSSR count). The van der Waals surface area contributed by atoms with Crippen LogP contribution in [-0.2, 0) is 19.1 Å². The van der Waals surface area contributed by atoms with Gasteiger partial charge in [-0.3, -0.25) is 4.79 Å². The van der Waals surface area contributed by atoms with Crippen LogP contribution in [0.25, 0.3) is 0 Å². The summed E-state index contributed by atoms with van der Waals surface area (Å²) in [5.74, 6) is -1.01. The number of rotatable bonds is 4. The first-order valence-electron chi connectivity index (χ1n) is 7.98. The van der Waals surface area contributed by atoms with Gasteiger partial charge in [-0.15, -0.1) is 0 Å². The molecule has 1 aromatic rings. The Morgan fingerprint density at radius 1 is 1.25 bits per heavy atom. The van der Waals surface area contributed by atoms with E-state index in [2.05, 4.69) is 4.18 Å². The highest BCUT2D eigenvalue weighted by Crippen LogP contribution is 2.45. The highest BCUT2D eigenvalue weighted by molar-refractivity contribution is 7.87. The van der Waals surface area contributed by atoms with E-state index in [1.54, 1.807) is 12.1 Å². The molecule has 2 aliphatic heterocycles. The molecule has 12 heteroatoms. The number of methoxy groups -OCH3 is 1. The van der Waals surface area contributed by atoms with Crippen molar-refractivity contribution in [3.05, 3.63) is 39.6 Å². The fourth-order valence-electron chi connectivity index (χ4n) is 3.45. The minimum atomic E-state index is -5.84. The lowest BCUT2D eigenvalue weighted by atomic mass is 9.94. The molecule has 2 atom stereocenters. The van der Waals surface area contributed by atoms with Crippen LogP contribution >= 0.6 is 23.2 Å². The number of amides is 1. The maximum absolute atomic E-state index is 12.5. The predicted molar refractivity (Wildman–Crippen MR) is 94.6 cm³/mol. The molecule has 0 radical (unpaired) electrons. The number of ether oxygens (including phenoxy) is 1. The van der Waals surface area contributed by atoms with Gasteiger partial charge in [0.15, 0.2) is 0 Å². The summed E-state index contributed by atoms with van der Waals surface area (Å²) in [4.78, 5) is 13.7. The Balaban J connectivity index is 1.84. The Labute approximate surface area is 168 Å². The van der Waals surface area contributed by atoms with Gasteiger partial charge >= 0.3 is 15.6 Å². The monoisotopic (exact) mass is 459 g/mol. The Hall–Kier alpha value is -1.65. The van der Waals surface area contributed by atoms with Gasteiger partial charge < -0.3 is 13.8 Å². The highest BCUT2D eigenvalue weighted by Gasteiger charge is 2.50. The summed E-state index contributed by atoms with van der Waals surface area (Å²) in [6.45, 7) is 0.232. The van der Waals surface area contributed by atoms with Gasteiger partial charge in [-0.25, -0.2) is 0 Å². The summed E-state index contributed by atoms with van der Waals surface area (Å²) in [5.41, 5.74) is -4.99. The summed E-state index contributed by atoms with van der Waals surface area (Å²) in [6, 6.07) is 2.65. The summed E-state index contributed by atoms with van der Waals surface area (Å²) in [5, 5.41) is 0.564. The first-order chi connectivity index (χ1) is 12.9. The number of benzene rings is 1. The van der Waals surface area contributed by atoms with Crippen molar-refractivity contribution in [2.24, 2.45) is 0 Å². The fraction of sp³-hybridized carbons (Fsp3) is 0.438. The Kier molecular flexibility index (Phi) is 5.50. The van der Waals surface area contributed by atoms with Gasteiger partial charge in [0.1, 0.15) is 11.5 Å². The molecule has 0 saturated carbocycles. The van der Waals surface area contributed by atoms with E-state index < -0.39 is 33.3 Å². The molecular weight excluding hydrogens is 446 g/mol. The number of nitrogens with zero attached hydrogens (tertiary/aromatic N) is 1. The van der Waals surface area contributed by atoms with E-state index in [1.165, 1.54) is 12.0 Å². The predicted octanol–water partition coefficient (Wildman–Crippen LogP) is 3.84. The van der Waals surface area contributed by atoms with Crippen molar-refractivity contribution in [2.75, 3.05) is 13.7 Å². The molecular formula is C16H14Cl2F3NO5S. The largest absolute Gasteiger partial charge is 0.534 e.